The van der Waals surface area contributed by atoms with Crippen molar-refractivity contribution in [1.29, 1.82) is 5.26 Å². The Labute approximate surface area is 132 Å². The van der Waals surface area contributed by atoms with Gasteiger partial charge < -0.3 is 0 Å². The predicted molar refractivity (Wildman–Crippen MR) is 88.4 cm³/mol. The number of hydrogen-bond donors (Lipinski definition) is 0. The van der Waals surface area contributed by atoms with Crippen molar-refractivity contribution >= 4 is 10.8 Å². The van der Waals surface area contributed by atoms with E-state index in [1.54, 1.807) is 6.92 Å². The molecule has 0 radical (unpaired) electrons. The van der Waals surface area contributed by atoms with E-state index < -0.39 is 11.2 Å². The summed E-state index contributed by atoms with van der Waals surface area (Å²) in [6.07, 6.45) is 1.32. The maximum atomic E-state index is 12.4. The molecule has 0 fully saturated rings. The Morgan fingerprint density at radius 2 is 1.83 bits per heavy atom. The smallest absolute Gasteiger partial charge is 0.299 e. The molecule has 0 aliphatic rings. The minimum absolute atomic E-state index is 0.0216. The Morgan fingerprint density at radius 1 is 1.09 bits per heavy atom. The maximum absolute atomic E-state index is 12.4. The van der Waals surface area contributed by atoms with Crippen molar-refractivity contribution in [3.05, 3.63) is 80.6 Å². The summed E-state index contributed by atoms with van der Waals surface area (Å²) in [5.41, 5.74) is -0.0914. The molecule has 0 N–H and O–H groups in total. The molecule has 0 amide bonds. The molecule has 0 unspecified atom stereocenters. The van der Waals surface area contributed by atoms with E-state index in [2.05, 4.69) is 0 Å². The molecule has 0 saturated carbocycles. The quantitative estimate of drug-likeness (QED) is 0.744. The van der Waals surface area contributed by atoms with Crippen LogP contribution in [0.1, 0.15) is 18.1 Å². The molecule has 0 aliphatic carbocycles. The Balaban J connectivity index is 2.22. The summed E-state index contributed by atoms with van der Waals surface area (Å²) in [5, 5.41) is 11.2. The van der Waals surface area contributed by atoms with Crippen LogP contribution < -0.4 is 11.2 Å². The molecule has 23 heavy (non-hydrogen) atoms. The second kappa shape index (κ2) is 5.93. The summed E-state index contributed by atoms with van der Waals surface area (Å²) in [6, 6.07) is 15.5. The first-order valence-electron chi connectivity index (χ1n) is 7.36. The van der Waals surface area contributed by atoms with E-state index in [0.717, 1.165) is 20.9 Å². The molecular formula is C18H15N3O2. The zero-order valence-electron chi connectivity index (χ0n) is 12.7. The number of nitrogens with zero attached hydrogens (tertiary/aromatic N) is 3. The minimum Gasteiger partial charge on any atom is -0.299 e. The maximum Gasteiger partial charge on any atom is 0.331 e. The highest BCUT2D eigenvalue weighted by Gasteiger charge is 2.12. The van der Waals surface area contributed by atoms with Crippen LogP contribution in [0.5, 0.6) is 0 Å². The van der Waals surface area contributed by atoms with Crippen LogP contribution in [0, 0.1) is 11.3 Å². The Kier molecular flexibility index (Phi) is 3.82. The number of rotatable bonds is 3. The lowest BCUT2D eigenvalue weighted by molar-refractivity contribution is 0.598. The molecule has 0 saturated heterocycles. The molecule has 0 bridgehead atoms. The van der Waals surface area contributed by atoms with E-state index in [0.29, 0.717) is 6.54 Å². The van der Waals surface area contributed by atoms with Gasteiger partial charge in [0.15, 0.2) is 0 Å². The largest absolute Gasteiger partial charge is 0.331 e. The van der Waals surface area contributed by atoms with Crippen molar-refractivity contribution in [2.24, 2.45) is 0 Å². The first kappa shape index (κ1) is 14.8. The Hall–Kier alpha value is -3.13. The van der Waals surface area contributed by atoms with Crippen molar-refractivity contribution in [3.8, 4) is 6.07 Å². The summed E-state index contributed by atoms with van der Waals surface area (Å²) >= 11 is 0. The fourth-order valence-corrected chi connectivity index (χ4v) is 2.70. The van der Waals surface area contributed by atoms with Gasteiger partial charge in [-0.1, -0.05) is 42.5 Å². The first-order chi connectivity index (χ1) is 11.2. The highest BCUT2D eigenvalue weighted by atomic mass is 16.2. The van der Waals surface area contributed by atoms with Gasteiger partial charge in [-0.25, -0.2) is 4.79 Å². The van der Waals surface area contributed by atoms with Gasteiger partial charge in [0, 0.05) is 12.7 Å². The third-order valence-corrected chi connectivity index (χ3v) is 3.91. The average molecular weight is 305 g/mol. The van der Waals surface area contributed by atoms with Crippen LogP contribution in [-0.2, 0) is 13.1 Å². The highest BCUT2D eigenvalue weighted by molar-refractivity contribution is 5.85. The summed E-state index contributed by atoms with van der Waals surface area (Å²) in [4.78, 5) is 24.8. The van der Waals surface area contributed by atoms with Crippen molar-refractivity contribution in [3.63, 3.8) is 0 Å². The van der Waals surface area contributed by atoms with Crippen LogP contribution in [0.3, 0.4) is 0 Å². The average Bonchev–Trinajstić information content (AvgIpc) is 2.59. The lowest BCUT2D eigenvalue weighted by atomic mass is 10.0. The third kappa shape index (κ3) is 2.55. The lowest BCUT2D eigenvalue weighted by Gasteiger charge is -2.11. The normalized spacial score (nSPS) is 10.6. The van der Waals surface area contributed by atoms with Gasteiger partial charge in [0.25, 0.3) is 5.56 Å². The molecule has 3 aromatic rings. The lowest BCUT2D eigenvalue weighted by Crippen LogP contribution is -2.40. The fraction of sp³-hybridized carbons (Fsp3) is 0.167. The number of benzene rings is 2. The van der Waals surface area contributed by atoms with Crippen LogP contribution in [-0.4, -0.2) is 9.13 Å². The fourth-order valence-electron chi connectivity index (χ4n) is 2.70. The van der Waals surface area contributed by atoms with Crippen LogP contribution in [0.15, 0.2) is 58.3 Å². The van der Waals surface area contributed by atoms with Gasteiger partial charge in [-0.2, -0.15) is 5.26 Å². The number of nitriles is 1. The number of aromatic nitrogens is 2. The van der Waals surface area contributed by atoms with E-state index in [1.807, 2.05) is 48.5 Å². The predicted octanol–water partition coefficient (Wildman–Crippen LogP) is 2.10. The third-order valence-electron chi connectivity index (χ3n) is 3.91. The summed E-state index contributed by atoms with van der Waals surface area (Å²) in [5.74, 6) is 0. The number of aryl methyl sites for hydroxylation is 1. The molecule has 114 valence electrons. The molecule has 2 aromatic carbocycles. The van der Waals surface area contributed by atoms with Crippen LogP contribution in [0.4, 0.5) is 0 Å². The van der Waals surface area contributed by atoms with E-state index in [9.17, 15) is 9.59 Å². The van der Waals surface area contributed by atoms with Crippen LogP contribution in [0.2, 0.25) is 0 Å². The van der Waals surface area contributed by atoms with Gasteiger partial charge >= 0.3 is 5.69 Å². The monoisotopic (exact) mass is 305 g/mol. The summed E-state index contributed by atoms with van der Waals surface area (Å²) in [6.45, 7) is 2.35. The second-order valence-corrected chi connectivity index (χ2v) is 5.25. The van der Waals surface area contributed by atoms with Crippen molar-refractivity contribution in [2.45, 2.75) is 20.0 Å². The van der Waals surface area contributed by atoms with Crippen molar-refractivity contribution in [1.82, 2.24) is 9.13 Å². The van der Waals surface area contributed by atoms with E-state index in [-0.39, 0.29) is 12.1 Å². The van der Waals surface area contributed by atoms with Crippen molar-refractivity contribution < 1.29 is 0 Å². The Bertz CT molecular complexity index is 1030. The van der Waals surface area contributed by atoms with Crippen molar-refractivity contribution in [2.75, 3.05) is 0 Å². The standard InChI is InChI=1S/C18H15N3O2/c1-2-20-11-15(10-19)17(22)21(18(20)23)12-14-8-5-7-13-6-3-4-9-16(13)14/h3-9,11H,2,12H2,1H3. The van der Waals surface area contributed by atoms with Gasteiger partial charge in [0.2, 0.25) is 0 Å². The van der Waals surface area contributed by atoms with E-state index in [4.69, 9.17) is 5.26 Å². The summed E-state index contributed by atoms with van der Waals surface area (Å²) in [7, 11) is 0. The number of hydrogen-bond acceptors (Lipinski definition) is 3. The minimum atomic E-state index is -0.546. The van der Waals surface area contributed by atoms with Gasteiger partial charge in [-0.05, 0) is 23.3 Å². The molecule has 1 aromatic heterocycles. The molecule has 0 spiro atoms. The zero-order valence-corrected chi connectivity index (χ0v) is 12.7. The molecular weight excluding hydrogens is 290 g/mol. The van der Waals surface area contributed by atoms with Gasteiger partial charge in [0.05, 0.1) is 6.54 Å². The van der Waals surface area contributed by atoms with E-state index in [1.165, 1.54) is 10.8 Å². The van der Waals surface area contributed by atoms with Gasteiger partial charge in [-0.15, -0.1) is 0 Å². The molecule has 0 aliphatic heterocycles. The van der Waals surface area contributed by atoms with Gasteiger partial charge in [-0.3, -0.25) is 13.9 Å². The van der Waals surface area contributed by atoms with Crippen LogP contribution in [0.25, 0.3) is 10.8 Å². The highest BCUT2D eigenvalue weighted by Crippen LogP contribution is 2.18. The Morgan fingerprint density at radius 3 is 2.57 bits per heavy atom. The SMILES string of the molecule is CCn1cc(C#N)c(=O)n(Cc2cccc3ccccc23)c1=O. The second-order valence-electron chi connectivity index (χ2n) is 5.25. The first-order valence-corrected chi connectivity index (χ1v) is 7.36. The van der Waals surface area contributed by atoms with Crippen LogP contribution >= 0.6 is 0 Å². The zero-order chi connectivity index (χ0) is 16.4. The number of fused-ring (bicyclic) bond motifs is 1. The molecule has 3 rings (SSSR count). The molecule has 0 atom stereocenters. The summed E-state index contributed by atoms with van der Waals surface area (Å²) < 4.78 is 2.51. The molecule has 1 heterocycles. The van der Waals surface area contributed by atoms with Gasteiger partial charge in [0.1, 0.15) is 11.6 Å². The molecule has 5 nitrogen and oxygen atoms in total. The topological polar surface area (TPSA) is 67.8 Å². The molecule has 5 heteroatoms. The van der Waals surface area contributed by atoms with E-state index >= 15 is 0 Å².